The molecule has 4 rings (SSSR count). The Morgan fingerprint density at radius 2 is 2.05 bits per heavy atom. The molecule has 1 aromatic carbocycles. The molecule has 1 aliphatic heterocycles. The standard InChI is InChI=1S/C26H33BN7O2Si/c1-25(2,3)37(6,7)36-16-26(4)15-34(27-17-35)23-19(14-28)12-18(13-20(23)26)21-8-10-29-24(31-21)32-22-9-11-30-33(22)5/h8-13,17H,15-16H2,1-7H3,(H,29,31,32). The SMILES string of the molecule is Cn1nccc1Nc1nccc(-c2cc(C#N)c3c(c2)C(C)(CO[Si](C)(C)C(C)(C)C)CN3[B]C=O)n1. The topological polar surface area (TPSA) is 109 Å². The van der Waals surface area contributed by atoms with Crippen molar-refractivity contribution in [2.24, 2.45) is 7.05 Å². The summed E-state index contributed by atoms with van der Waals surface area (Å²) in [5.41, 5.74) is 3.28. The Morgan fingerprint density at radius 1 is 1.30 bits per heavy atom. The number of anilines is 3. The summed E-state index contributed by atoms with van der Waals surface area (Å²) in [6.45, 7) is 14.3. The first kappa shape index (κ1) is 26.6. The van der Waals surface area contributed by atoms with Crippen molar-refractivity contribution in [3.8, 4) is 17.3 Å². The Labute approximate surface area is 220 Å². The van der Waals surface area contributed by atoms with Gasteiger partial charge in [0.2, 0.25) is 5.95 Å². The average molecular weight is 514 g/mol. The number of hydrogen-bond acceptors (Lipinski definition) is 8. The van der Waals surface area contributed by atoms with E-state index in [1.807, 2.05) is 30.1 Å². The molecule has 0 spiro atoms. The summed E-state index contributed by atoms with van der Waals surface area (Å²) in [4.78, 5) is 22.4. The Hall–Kier alpha value is -3.49. The van der Waals surface area contributed by atoms with Gasteiger partial charge in [-0.25, -0.2) is 9.97 Å². The third-order valence-corrected chi connectivity index (χ3v) is 12.0. The van der Waals surface area contributed by atoms with Gasteiger partial charge in [-0.2, -0.15) is 10.4 Å². The quantitative estimate of drug-likeness (QED) is 0.348. The lowest BCUT2D eigenvalue weighted by atomic mass is 9.83. The minimum absolute atomic E-state index is 0.0668. The second-order valence-corrected chi connectivity index (χ2v) is 16.1. The predicted molar refractivity (Wildman–Crippen MR) is 149 cm³/mol. The van der Waals surface area contributed by atoms with Gasteiger partial charge in [-0.3, -0.25) is 4.68 Å². The maximum atomic E-state index is 11.5. The summed E-state index contributed by atoms with van der Waals surface area (Å²) in [5, 5.41) is 17.5. The van der Waals surface area contributed by atoms with Crippen molar-refractivity contribution in [3.05, 3.63) is 47.8 Å². The molecule has 0 bridgehead atoms. The molecule has 1 unspecified atom stereocenters. The largest absolute Gasteiger partial charge is 0.416 e. The van der Waals surface area contributed by atoms with Crippen molar-refractivity contribution in [1.82, 2.24) is 19.7 Å². The second-order valence-electron chi connectivity index (χ2n) is 11.3. The molecule has 1 aliphatic rings. The molecular weight excluding hydrogens is 481 g/mol. The van der Waals surface area contributed by atoms with E-state index in [2.05, 4.69) is 68.3 Å². The third-order valence-electron chi connectivity index (χ3n) is 7.50. The van der Waals surface area contributed by atoms with Crippen LogP contribution >= 0.6 is 0 Å². The third kappa shape index (κ3) is 5.17. The second kappa shape index (κ2) is 9.76. The first-order valence-corrected chi connectivity index (χ1v) is 15.2. The van der Waals surface area contributed by atoms with Gasteiger partial charge in [-0.05, 0) is 41.9 Å². The van der Waals surface area contributed by atoms with Crippen LogP contribution in [-0.4, -0.2) is 54.8 Å². The van der Waals surface area contributed by atoms with Crippen molar-refractivity contribution < 1.29 is 9.22 Å². The van der Waals surface area contributed by atoms with Crippen LogP contribution in [0.2, 0.25) is 18.1 Å². The fourth-order valence-corrected chi connectivity index (χ4v) is 5.36. The summed E-state index contributed by atoms with van der Waals surface area (Å²) in [5.74, 6) is 1.19. The van der Waals surface area contributed by atoms with Gasteiger partial charge >= 0.3 is 7.41 Å². The van der Waals surface area contributed by atoms with Gasteiger partial charge < -0.3 is 19.3 Å². The molecule has 11 heteroatoms. The van der Waals surface area contributed by atoms with E-state index in [1.54, 1.807) is 17.1 Å². The molecule has 0 amide bonds. The van der Waals surface area contributed by atoms with Crippen LogP contribution in [0.4, 0.5) is 17.5 Å². The minimum Gasteiger partial charge on any atom is -0.416 e. The molecule has 0 aliphatic carbocycles. The zero-order chi connectivity index (χ0) is 27.0. The van der Waals surface area contributed by atoms with E-state index >= 15 is 0 Å². The normalized spacial score (nSPS) is 17.3. The number of aromatic nitrogens is 4. The van der Waals surface area contributed by atoms with Crippen LogP contribution in [0.3, 0.4) is 0 Å². The fraction of sp³-hybridized carbons (Fsp3) is 0.423. The lowest BCUT2D eigenvalue weighted by molar-refractivity contribution is 0.219. The summed E-state index contributed by atoms with van der Waals surface area (Å²) in [6.07, 6.45) is 4.15. The molecule has 191 valence electrons. The molecule has 1 N–H and O–H groups in total. The van der Waals surface area contributed by atoms with Crippen LogP contribution in [0.1, 0.15) is 38.8 Å². The maximum Gasteiger partial charge on any atom is 0.329 e. The summed E-state index contributed by atoms with van der Waals surface area (Å²) in [6, 6.07) is 9.89. The van der Waals surface area contributed by atoms with E-state index in [0.29, 0.717) is 30.4 Å². The Bertz CT molecular complexity index is 1360. The van der Waals surface area contributed by atoms with Gasteiger partial charge in [0.1, 0.15) is 18.1 Å². The number of nitrogens with one attached hydrogen (secondary N) is 1. The van der Waals surface area contributed by atoms with E-state index in [-0.39, 0.29) is 5.04 Å². The maximum absolute atomic E-state index is 11.5. The summed E-state index contributed by atoms with van der Waals surface area (Å²) >= 11 is 0. The van der Waals surface area contributed by atoms with Crippen LogP contribution in [0.25, 0.3) is 11.3 Å². The number of benzene rings is 1. The molecule has 3 aromatic rings. The predicted octanol–water partition coefficient (Wildman–Crippen LogP) is 4.40. The van der Waals surface area contributed by atoms with E-state index in [0.717, 1.165) is 28.8 Å². The van der Waals surface area contributed by atoms with Gasteiger partial charge in [-0.1, -0.05) is 27.7 Å². The van der Waals surface area contributed by atoms with Crippen LogP contribution in [0, 0.1) is 11.3 Å². The van der Waals surface area contributed by atoms with Gasteiger partial charge in [0.15, 0.2) is 8.32 Å². The number of carbonyl (C=O) groups is 1. The average Bonchev–Trinajstić information content (AvgIpc) is 3.37. The number of fused-ring (bicyclic) bond motifs is 1. The molecule has 1 atom stereocenters. The Morgan fingerprint density at radius 3 is 2.68 bits per heavy atom. The molecule has 2 aromatic heterocycles. The van der Waals surface area contributed by atoms with E-state index in [9.17, 15) is 10.1 Å². The molecule has 0 fully saturated rings. The molecular formula is C26H33BN7O2Si. The number of rotatable bonds is 8. The first-order valence-electron chi connectivity index (χ1n) is 12.2. The van der Waals surface area contributed by atoms with Gasteiger partial charge in [0, 0.05) is 49.1 Å². The molecule has 0 saturated heterocycles. The van der Waals surface area contributed by atoms with Crippen molar-refractivity contribution in [1.29, 1.82) is 5.26 Å². The lowest BCUT2D eigenvalue weighted by Crippen LogP contribution is -2.46. The van der Waals surface area contributed by atoms with Crippen molar-refractivity contribution in [3.63, 3.8) is 0 Å². The highest BCUT2D eigenvalue weighted by molar-refractivity contribution is 6.74. The highest BCUT2D eigenvalue weighted by Crippen LogP contribution is 2.46. The van der Waals surface area contributed by atoms with E-state index < -0.39 is 13.7 Å². The fourth-order valence-electron chi connectivity index (χ4n) is 4.25. The van der Waals surface area contributed by atoms with E-state index in [1.165, 1.54) is 7.41 Å². The minimum atomic E-state index is -2.02. The van der Waals surface area contributed by atoms with Crippen LogP contribution in [0.5, 0.6) is 0 Å². The van der Waals surface area contributed by atoms with Crippen molar-refractivity contribution in [2.75, 3.05) is 23.3 Å². The Balaban J connectivity index is 1.76. The summed E-state index contributed by atoms with van der Waals surface area (Å²) < 4.78 is 8.36. The summed E-state index contributed by atoms with van der Waals surface area (Å²) in [7, 11) is 1.31. The Kier molecular flexibility index (Phi) is 7.01. The number of nitriles is 1. The first-order chi connectivity index (χ1) is 17.4. The molecule has 9 nitrogen and oxygen atoms in total. The number of hydrogen-bond donors (Lipinski definition) is 1. The van der Waals surface area contributed by atoms with E-state index in [4.69, 9.17) is 9.41 Å². The number of nitrogens with zero attached hydrogens (tertiary/aromatic N) is 6. The monoisotopic (exact) mass is 514 g/mol. The van der Waals surface area contributed by atoms with Crippen molar-refractivity contribution in [2.45, 2.75) is 51.2 Å². The van der Waals surface area contributed by atoms with Gasteiger partial charge in [0.25, 0.3) is 0 Å². The zero-order valence-electron chi connectivity index (χ0n) is 22.5. The molecule has 37 heavy (non-hydrogen) atoms. The highest BCUT2D eigenvalue weighted by atomic mass is 28.4. The van der Waals surface area contributed by atoms with Crippen LogP contribution < -0.4 is 10.1 Å². The van der Waals surface area contributed by atoms with Crippen LogP contribution in [-0.2, 0) is 21.7 Å². The molecule has 1 radical (unpaired) electrons. The smallest absolute Gasteiger partial charge is 0.329 e. The van der Waals surface area contributed by atoms with Crippen molar-refractivity contribution >= 4 is 39.4 Å². The number of aryl methyl sites for hydroxylation is 1. The van der Waals surface area contributed by atoms with Crippen LogP contribution in [0.15, 0.2) is 36.7 Å². The zero-order valence-corrected chi connectivity index (χ0v) is 23.5. The van der Waals surface area contributed by atoms with Gasteiger partial charge in [0.05, 0.1) is 17.5 Å². The number of carbonyl (C=O) groups excluding carboxylic acids is 1. The molecule has 3 heterocycles. The lowest BCUT2D eigenvalue weighted by Gasteiger charge is -2.39. The van der Waals surface area contributed by atoms with Gasteiger partial charge in [-0.15, -0.1) is 0 Å². The highest BCUT2D eigenvalue weighted by Gasteiger charge is 2.44. The molecule has 0 saturated carbocycles.